The summed E-state index contributed by atoms with van der Waals surface area (Å²) in [7, 11) is 0. The lowest BCUT2D eigenvalue weighted by Crippen LogP contribution is -1.80. The number of benzene rings is 3. The van der Waals surface area contributed by atoms with Crippen LogP contribution in [0.4, 0.5) is 0 Å². The molecule has 0 radical (unpaired) electrons. The van der Waals surface area contributed by atoms with Gasteiger partial charge in [-0.15, -0.1) is 0 Å². The number of furan rings is 1. The Hall–Kier alpha value is -2.57. The van der Waals surface area contributed by atoms with Crippen molar-refractivity contribution in [1.82, 2.24) is 0 Å². The van der Waals surface area contributed by atoms with E-state index in [2.05, 4.69) is 34.1 Å². The van der Waals surface area contributed by atoms with E-state index in [-0.39, 0.29) is 0 Å². The van der Waals surface area contributed by atoms with Gasteiger partial charge in [0, 0.05) is 16.3 Å². The van der Waals surface area contributed by atoms with Gasteiger partial charge in [0.15, 0.2) is 0 Å². The van der Waals surface area contributed by atoms with Crippen LogP contribution in [0.1, 0.15) is 5.56 Å². The lowest BCUT2D eigenvalue weighted by molar-refractivity contribution is 0.668. The highest BCUT2D eigenvalue weighted by molar-refractivity contribution is 9.10. The normalized spacial score (nSPS) is 10.9. The number of nitrogens with zero attached hydrogens (tertiary/aromatic N) is 1. The van der Waals surface area contributed by atoms with Crippen LogP contribution in [0.25, 0.3) is 33.1 Å². The van der Waals surface area contributed by atoms with E-state index in [9.17, 15) is 0 Å². The molecule has 4 rings (SSSR count). The summed E-state index contributed by atoms with van der Waals surface area (Å²) in [6.45, 7) is 0. The summed E-state index contributed by atoms with van der Waals surface area (Å²) < 4.78 is 7.06. The SMILES string of the molecule is N#Cc1ccc(-c2cccc3c2oc2c(Br)cccc23)cc1. The summed E-state index contributed by atoms with van der Waals surface area (Å²) in [5.74, 6) is 0. The molecule has 0 aliphatic rings. The summed E-state index contributed by atoms with van der Waals surface area (Å²) in [6.07, 6.45) is 0. The Bertz CT molecular complexity index is 1040. The van der Waals surface area contributed by atoms with E-state index >= 15 is 0 Å². The van der Waals surface area contributed by atoms with Gasteiger partial charge in [-0.2, -0.15) is 5.26 Å². The minimum Gasteiger partial charge on any atom is -0.454 e. The van der Waals surface area contributed by atoms with Crippen molar-refractivity contribution in [3.8, 4) is 17.2 Å². The molecule has 3 aromatic carbocycles. The molecule has 0 aliphatic heterocycles. The van der Waals surface area contributed by atoms with Gasteiger partial charge in [0.2, 0.25) is 0 Å². The Morgan fingerprint density at radius 3 is 2.23 bits per heavy atom. The zero-order valence-corrected chi connectivity index (χ0v) is 13.1. The molecule has 0 unspecified atom stereocenters. The molecule has 0 amide bonds. The van der Waals surface area contributed by atoms with Gasteiger partial charge in [-0.25, -0.2) is 0 Å². The van der Waals surface area contributed by atoms with Crippen molar-refractivity contribution in [2.24, 2.45) is 0 Å². The van der Waals surface area contributed by atoms with E-state index in [0.29, 0.717) is 5.56 Å². The van der Waals surface area contributed by atoms with E-state index in [1.165, 1.54) is 0 Å². The van der Waals surface area contributed by atoms with Crippen molar-refractivity contribution in [2.45, 2.75) is 0 Å². The van der Waals surface area contributed by atoms with Crippen LogP contribution < -0.4 is 0 Å². The summed E-state index contributed by atoms with van der Waals surface area (Å²) in [4.78, 5) is 0. The molecule has 104 valence electrons. The average Bonchev–Trinajstić information content (AvgIpc) is 2.95. The molecular formula is C19H10BrNO. The highest BCUT2D eigenvalue weighted by Crippen LogP contribution is 2.38. The Labute approximate surface area is 135 Å². The van der Waals surface area contributed by atoms with Crippen LogP contribution in [0.2, 0.25) is 0 Å². The number of halogens is 1. The molecule has 3 heteroatoms. The Kier molecular flexibility index (Phi) is 2.99. The fraction of sp³-hybridized carbons (Fsp3) is 0. The van der Waals surface area contributed by atoms with Crippen LogP contribution in [-0.2, 0) is 0 Å². The highest BCUT2D eigenvalue weighted by atomic mass is 79.9. The summed E-state index contributed by atoms with van der Waals surface area (Å²) in [6, 6.07) is 21.9. The van der Waals surface area contributed by atoms with Gasteiger partial charge in [-0.1, -0.05) is 42.5 Å². The molecule has 1 aromatic heterocycles. The standard InChI is InChI=1S/C19H10BrNO/c20-17-6-2-5-16-15-4-1-3-14(18(15)22-19(16)17)13-9-7-12(11-21)8-10-13/h1-10H. The van der Waals surface area contributed by atoms with Crippen molar-refractivity contribution < 1.29 is 4.42 Å². The Morgan fingerprint density at radius 1 is 0.818 bits per heavy atom. The van der Waals surface area contributed by atoms with E-state index < -0.39 is 0 Å². The van der Waals surface area contributed by atoms with Crippen molar-refractivity contribution in [2.75, 3.05) is 0 Å². The third kappa shape index (κ3) is 1.93. The topological polar surface area (TPSA) is 36.9 Å². The first-order chi connectivity index (χ1) is 10.8. The lowest BCUT2D eigenvalue weighted by atomic mass is 10.0. The van der Waals surface area contributed by atoms with Gasteiger partial charge in [0.1, 0.15) is 11.2 Å². The molecule has 2 nitrogen and oxygen atoms in total. The second-order valence-electron chi connectivity index (χ2n) is 5.09. The van der Waals surface area contributed by atoms with Crippen molar-refractivity contribution >= 4 is 37.9 Å². The van der Waals surface area contributed by atoms with Crippen LogP contribution >= 0.6 is 15.9 Å². The molecule has 0 saturated heterocycles. The molecule has 0 atom stereocenters. The maximum atomic E-state index is 8.92. The minimum absolute atomic E-state index is 0.656. The van der Waals surface area contributed by atoms with Crippen LogP contribution in [0.3, 0.4) is 0 Å². The number of fused-ring (bicyclic) bond motifs is 3. The first-order valence-electron chi connectivity index (χ1n) is 6.88. The predicted molar refractivity (Wildman–Crippen MR) is 91.6 cm³/mol. The smallest absolute Gasteiger partial charge is 0.149 e. The quantitative estimate of drug-likeness (QED) is 0.430. The second kappa shape index (κ2) is 5.01. The fourth-order valence-corrected chi connectivity index (χ4v) is 3.18. The van der Waals surface area contributed by atoms with Crippen molar-refractivity contribution in [3.05, 3.63) is 70.7 Å². The van der Waals surface area contributed by atoms with Crippen LogP contribution in [0, 0.1) is 11.3 Å². The molecular weight excluding hydrogens is 338 g/mol. The maximum absolute atomic E-state index is 8.92. The third-order valence-corrected chi connectivity index (χ3v) is 4.43. The number of rotatable bonds is 1. The van der Waals surface area contributed by atoms with Gasteiger partial charge < -0.3 is 4.42 Å². The number of para-hydroxylation sites is 2. The van der Waals surface area contributed by atoms with E-state index in [0.717, 1.165) is 37.5 Å². The lowest BCUT2D eigenvalue weighted by Gasteiger charge is -2.02. The number of hydrogen-bond donors (Lipinski definition) is 0. The van der Waals surface area contributed by atoms with E-state index in [4.69, 9.17) is 9.68 Å². The minimum atomic E-state index is 0.656. The van der Waals surface area contributed by atoms with E-state index in [1.54, 1.807) is 0 Å². The van der Waals surface area contributed by atoms with Gasteiger partial charge in [0.05, 0.1) is 16.1 Å². The van der Waals surface area contributed by atoms with Gasteiger partial charge in [0.25, 0.3) is 0 Å². The average molecular weight is 348 g/mol. The molecule has 0 fully saturated rings. The van der Waals surface area contributed by atoms with Crippen molar-refractivity contribution in [1.29, 1.82) is 5.26 Å². The molecule has 0 saturated carbocycles. The van der Waals surface area contributed by atoms with Crippen LogP contribution in [0.15, 0.2) is 69.6 Å². The number of hydrogen-bond acceptors (Lipinski definition) is 2. The second-order valence-corrected chi connectivity index (χ2v) is 5.94. The first-order valence-corrected chi connectivity index (χ1v) is 7.67. The molecule has 4 aromatic rings. The van der Waals surface area contributed by atoms with Crippen LogP contribution in [-0.4, -0.2) is 0 Å². The molecule has 0 N–H and O–H groups in total. The highest BCUT2D eigenvalue weighted by Gasteiger charge is 2.13. The summed E-state index contributed by atoms with van der Waals surface area (Å²) in [5, 5.41) is 11.1. The first kappa shape index (κ1) is 13.1. The Morgan fingerprint density at radius 2 is 1.50 bits per heavy atom. The molecule has 0 aliphatic carbocycles. The monoisotopic (exact) mass is 347 g/mol. The van der Waals surface area contributed by atoms with Crippen LogP contribution in [0.5, 0.6) is 0 Å². The zero-order valence-electron chi connectivity index (χ0n) is 11.5. The molecule has 0 spiro atoms. The van der Waals surface area contributed by atoms with Gasteiger partial charge in [-0.05, 0) is 39.7 Å². The number of nitriles is 1. The summed E-state index contributed by atoms with van der Waals surface area (Å²) >= 11 is 3.54. The fourth-order valence-electron chi connectivity index (χ4n) is 2.74. The van der Waals surface area contributed by atoms with Gasteiger partial charge in [-0.3, -0.25) is 0 Å². The van der Waals surface area contributed by atoms with Crippen molar-refractivity contribution in [3.63, 3.8) is 0 Å². The third-order valence-electron chi connectivity index (χ3n) is 3.80. The summed E-state index contributed by atoms with van der Waals surface area (Å²) in [5.41, 5.74) is 4.46. The zero-order chi connectivity index (χ0) is 15.1. The molecule has 1 heterocycles. The maximum Gasteiger partial charge on any atom is 0.149 e. The van der Waals surface area contributed by atoms with E-state index in [1.807, 2.05) is 48.5 Å². The molecule has 0 bridgehead atoms. The predicted octanol–water partition coefficient (Wildman–Crippen LogP) is 5.89. The Balaban J connectivity index is 2.04. The molecule has 22 heavy (non-hydrogen) atoms. The largest absolute Gasteiger partial charge is 0.454 e. The van der Waals surface area contributed by atoms with Gasteiger partial charge >= 0.3 is 0 Å².